The van der Waals surface area contributed by atoms with Crippen molar-refractivity contribution in [1.82, 2.24) is 4.90 Å². The van der Waals surface area contributed by atoms with E-state index in [4.69, 9.17) is 0 Å². The molecule has 2 heteroatoms. The normalized spacial score (nSPS) is 14.9. The van der Waals surface area contributed by atoms with Gasteiger partial charge in [-0.1, -0.05) is 39.0 Å². The Hall–Kier alpha value is -1.31. The second kappa shape index (κ2) is 4.91. The number of amides is 1. The van der Waals surface area contributed by atoms with Gasteiger partial charge in [-0.3, -0.25) is 4.79 Å². The van der Waals surface area contributed by atoms with Crippen molar-refractivity contribution in [2.24, 2.45) is 5.92 Å². The number of carbonyl (C=O) groups is 1. The predicted molar refractivity (Wildman–Crippen MR) is 69.8 cm³/mol. The number of nitrogens with zero attached hydrogens (tertiary/aromatic N) is 1. The predicted octanol–water partition coefficient (Wildman–Crippen LogP) is 2.79. The topological polar surface area (TPSA) is 20.3 Å². The van der Waals surface area contributed by atoms with Gasteiger partial charge in [0.1, 0.15) is 0 Å². The maximum absolute atomic E-state index is 12.0. The molecule has 0 unspecified atom stereocenters. The highest BCUT2D eigenvalue weighted by molar-refractivity contribution is 5.78. The zero-order valence-electron chi connectivity index (χ0n) is 11.0. The molecule has 1 aliphatic heterocycles. The molecule has 17 heavy (non-hydrogen) atoms. The highest BCUT2D eigenvalue weighted by Gasteiger charge is 2.22. The summed E-state index contributed by atoms with van der Waals surface area (Å²) in [6.07, 6.45) is 2.06. The van der Waals surface area contributed by atoms with Gasteiger partial charge in [0.25, 0.3) is 0 Å². The fraction of sp³-hybridized carbons (Fsp3) is 0.533. The fourth-order valence-corrected chi connectivity index (χ4v) is 2.38. The Morgan fingerprint density at radius 1 is 1.35 bits per heavy atom. The average molecular weight is 231 g/mol. The van der Waals surface area contributed by atoms with Gasteiger partial charge in [-0.15, -0.1) is 0 Å². The summed E-state index contributed by atoms with van der Waals surface area (Å²) < 4.78 is 0. The molecule has 0 saturated heterocycles. The van der Waals surface area contributed by atoms with E-state index < -0.39 is 0 Å². The third-order valence-corrected chi connectivity index (χ3v) is 3.50. The van der Waals surface area contributed by atoms with Crippen LogP contribution in [0.3, 0.4) is 0 Å². The SMILES string of the molecule is CCc1ccc2c(c1)CN(C(=O)C(C)C)CC2. The van der Waals surface area contributed by atoms with E-state index in [1.807, 2.05) is 18.7 Å². The number of hydrogen-bond donors (Lipinski definition) is 0. The zero-order valence-corrected chi connectivity index (χ0v) is 11.0. The van der Waals surface area contributed by atoms with Gasteiger partial charge in [0.05, 0.1) is 0 Å². The molecule has 0 radical (unpaired) electrons. The van der Waals surface area contributed by atoms with E-state index in [1.165, 1.54) is 16.7 Å². The van der Waals surface area contributed by atoms with Crippen LogP contribution in [0.25, 0.3) is 0 Å². The molecule has 1 amide bonds. The number of carbonyl (C=O) groups excluding carboxylic acids is 1. The van der Waals surface area contributed by atoms with E-state index in [-0.39, 0.29) is 11.8 Å². The van der Waals surface area contributed by atoms with Crippen LogP contribution in [0.4, 0.5) is 0 Å². The fourth-order valence-electron chi connectivity index (χ4n) is 2.38. The first-order valence-corrected chi connectivity index (χ1v) is 6.51. The summed E-state index contributed by atoms with van der Waals surface area (Å²) in [6.45, 7) is 7.78. The third-order valence-electron chi connectivity index (χ3n) is 3.50. The molecule has 0 aromatic heterocycles. The van der Waals surface area contributed by atoms with E-state index in [9.17, 15) is 4.79 Å². The second-order valence-corrected chi connectivity index (χ2v) is 5.12. The molecule has 0 aliphatic carbocycles. The molecule has 0 saturated carbocycles. The minimum atomic E-state index is 0.103. The van der Waals surface area contributed by atoms with Crippen LogP contribution in [0.15, 0.2) is 18.2 Å². The minimum Gasteiger partial charge on any atom is -0.338 e. The molecule has 1 heterocycles. The number of fused-ring (bicyclic) bond motifs is 1. The first-order valence-electron chi connectivity index (χ1n) is 6.51. The van der Waals surface area contributed by atoms with Crippen LogP contribution in [0.2, 0.25) is 0 Å². The zero-order chi connectivity index (χ0) is 12.4. The van der Waals surface area contributed by atoms with Gasteiger partial charge in [0, 0.05) is 19.0 Å². The van der Waals surface area contributed by atoms with Crippen LogP contribution in [0, 0.1) is 5.92 Å². The summed E-state index contributed by atoms with van der Waals surface area (Å²) in [5.74, 6) is 0.378. The van der Waals surface area contributed by atoms with Crippen LogP contribution in [0.5, 0.6) is 0 Å². The van der Waals surface area contributed by atoms with Crippen LogP contribution in [0.1, 0.15) is 37.5 Å². The molecule has 0 bridgehead atoms. The standard InChI is InChI=1S/C15H21NO/c1-4-12-5-6-13-7-8-16(10-14(13)9-12)15(17)11(2)3/h5-6,9,11H,4,7-8,10H2,1-3H3. The highest BCUT2D eigenvalue weighted by atomic mass is 16.2. The molecular weight excluding hydrogens is 210 g/mol. The van der Waals surface area contributed by atoms with Crippen molar-refractivity contribution >= 4 is 5.91 Å². The minimum absolute atomic E-state index is 0.103. The highest BCUT2D eigenvalue weighted by Crippen LogP contribution is 2.21. The summed E-state index contributed by atoms with van der Waals surface area (Å²) in [5, 5.41) is 0. The van der Waals surface area contributed by atoms with Crippen LogP contribution >= 0.6 is 0 Å². The molecule has 1 aliphatic rings. The van der Waals surface area contributed by atoms with Crippen molar-refractivity contribution < 1.29 is 4.79 Å². The van der Waals surface area contributed by atoms with Crippen molar-refractivity contribution in [2.45, 2.75) is 40.2 Å². The quantitative estimate of drug-likeness (QED) is 0.766. The Kier molecular flexibility index (Phi) is 3.51. The molecule has 0 atom stereocenters. The Morgan fingerprint density at radius 2 is 2.12 bits per heavy atom. The van der Waals surface area contributed by atoms with Crippen LogP contribution in [-0.4, -0.2) is 17.4 Å². The van der Waals surface area contributed by atoms with Crippen LogP contribution in [-0.2, 0) is 24.2 Å². The maximum atomic E-state index is 12.0. The molecule has 0 N–H and O–H groups in total. The van der Waals surface area contributed by atoms with Gasteiger partial charge in [0.2, 0.25) is 5.91 Å². The molecule has 92 valence electrons. The van der Waals surface area contributed by atoms with Crippen molar-refractivity contribution in [2.75, 3.05) is 6.54 Å². The van der Waals surface area contributed by atoms with Crippen molar-refractivity contribution in [3.8, 4) is 0 Å². The monoisotopic (exact) mass is 231 g/mol. The van der Waals surface area contributed by atoms with Crippen LogP contribution < -0.4 is 0 Å². The average Bonchev–Trinajstić information content (AvgIpc) is 2.36. The Morgan fingerprint density at radius 3 is 2.76 bits per heavy atom. The van der Waals surface area contributed by atoms with Gasteiger partial charge >= 0.3 is 0 Å². The van der Waals surface area contributed by atoms with Gasteiger partial charge in [-0.2, -0.15) is 0 Å². The van der Waals surface area contributed by atoms with Gasteiger partial charge in [-0.25, -0.2) is 0 Å². The third kappa shape index (κ3) is 2.51. The van der Waals surface area contributed by atoms with Crippen molar-refractivity contribution in [3.63, 3.8) is 0 Å². The summed E-state index contributed by atoms with van der Waals surface area (Å²) in [7, 11) is 0. The molecule has 2 nitrogen and oxygen atoms in total. The van der Waals surface area contributed by atoms with E-state index >= 15 is 0 Å². The van der Waals surface area contributed by atoms with E-state index in [0.29, 0.717) is 0 Å². The first-order chi connectivity index (χ1) is 8.11. The molecule has 0 spiro atoms. The largest absolute Gasteiger partial charge is 0.338 e. The van der Waals surface area contributed by atoms with Gasteiger partial charge in [0.15, 0.2) is 0 Å². The lowest BCUT2D eigenvalue weighted by Crippen LogP contribution is -2.38. The smallest absolute Gasteiger partial charge is 0.225 e. The summed E-state index contributed by atoms with van der Waals surface area (Å²) in [4.78, 5) is 14.0. The Labute approximate surface area is 104 Å². The van der Waals surface area contributed by atoms with Gasteiger partial charge in [-0.05, 0) is 29.5 Å². The molecule has 0 fully saturated rings. The number of aryl methyl sites for hydroxylation is 1. The molecular formula is C15H21NO. The maximum Gasteiger partial charge on any atom is 0.225 e. The lowest BCUT2D eigenvalue weighted by Gasteiger charge is -2.30. The lowest BCUT2D eigenvalue weighted by molar-refractivity contribution is -0.135. The van der Waals surface area contributed by atoms with E-state index in [1.54, 1.807) is 0 Å². The first kappa shape index (κ1) is 12.2. The van der Waals surface area contributed by atoms with Crippen molar-refractivity contribution in [1.29, 1.82) is 0 Å². The number of rotatable bonds is 2. The van der Waals surface area contributed by atoms with E-state index in [0.717, 1.165) is 25.9 Å². The molecule has 1 aromatic rings. The van der Waals surface area contributed by atoms with Crippen molar-refractivity contribution in [3.05, 3.63) is 34.9 Å². The summed E-state index contributed by atoms with van der Waals surface area (Å²) in [5.41, 5.74) is 4.11. The lowest BCUT2D eigenvalue weighted by atomic mass is 9.96. The van der Waals surface area contributed by atoms with E-state index in [2.05, 4.69) is 25.1 Å². The second-order valence-electron chi connectivity index (χ2n) is 5.12. The Balaban J connectivity index is 2.19. The summed E-state index contributed by atoms with van der Waals surface area (Å²) in [6, 6.07) is 6.69. The number of benzene rings is 1. The molecule has 2 rings (SSSR count). The summed E-state index contributed by atoms with van der Waals surface area (Å²) >= 11 is 0. The number of hydrogen-bond acceptors (Lipinski definition) is 1. The van der Waals surface area contributed by atoms with Gasteiger partial charge < -0.3 is 4.90 Å². The Bertz CT molecular complexity index is 423. The molecule has 1 aromatic carbocycles.